The number of ether oxygens (including phenoxy) is 1. The number of likely N-dealkylation sites (tertiary alicyclic amines) is 1. The van der Waals surface area contributed by atoms with Gasteiger partial charge in [0, 0.05) is 25.1 Å². The van der Waals surface area contributed by atoms with Gasteiger partial charge in [-0.2, -0.15) is 0 Å². The van der Waals surface area contributed by atoms with Crippen LogP contribution in [0, 0.1) is 0 Å². The molecule has 0 amide bonds. The molecule has 0 saturated carbocycles. The second kappa shape index (κ2) is 5.08. The zero-order valence-corrected chi connectivity index (χ0v) is 9.55. The Bertz CT molecular complexity index is 177. The van der Waals surface area contributed by atoms with E-state index in [1.54, 1.807) is 0 Å². The van der Waals surface area contributed by atoms with E-state index in [1.165, 1.54) is 0 Å². The second-order valence-corrected chi connectivity index (χ2v) is 4.29. The highest BCUT2D eigenvalue weighted by molar-refractivity contribution is 4.98. The predicted octanol–water partition coefficient (Wildman–Crippen LogP) is 2.24. The molecule has 0 aromatic rings. The molecule has 3 heteroatoms. The van der Waals surface area contributed by atoms with Crippen LogP contribution in [0.25, 0.3) is 0 Å². The topological polar surface area (TPSA) is 12.5 Å². The van der Waals surface area contributed by atoms with Crippen LogP contribution in [0.15, 0.2) is 0 Å². The van der Waals surface area contributed by atoms with Gasteiger partial charge in [0.25, 0.3) is 0 Å². The van der Waals surface area contributed by atoms with Crippen LogP contribution in [-0.2, 0) is 4.74 Å². The first-order valence-electron chi connectivity index (χ1n) is 5.57. The summed E-state index contributed by atoms with van der Waals surface area (Å²) in [6.45, 7) is 6.09. The lowest BCUT2D eigenvalue weighted by atomic mass is 9.91. The van der Waals surface area contributed by atoms with Crippen LogP contribution in [0.4, 0.5) is 4.39 Å². The third kappa shape index (κ3) is 2.45. The fourth-order valence-corrected chi connectivity index (χ4v) is 2.42. The fourth-order valence-electron chi connectivity index (χ4n) is 2.42. The van der Waals surface area contributed by atoms with Gasteiger partial charge in [0.1, 0.15) is 6.17 Å². The molecule has 0 aromatic carbocycles. The smallest absolute Gasteiger partial charge is 0.115 e. The molecule has 2 nitrogen and oxygen atoms in total. The molecule has 0 aliphatic carbocycles. The van der Waals surface area contributed by atoms with Crippen molar-refractivity contribution in [2.24, 2.45) is 0 Å². The van der Waals surface area contributed by atoms with Crippen molar-refractivity contribution in [2.75, 3.05) is 26.8 Å². The van der Waals surface area contributed by atoms with Crippen molar-refractivity contribution in [1.82, 2.24) is 4.90 Å². The third-order valence-corrected chi connectivity index (χ3v) is 3.17. The molecule has 0 bridgehead atoms. The number of hydrogen-bond donors (Lipinski definition) is 0. The average molecular weight is 203 g/mol. The molecule has 0 spiro atoms. The molecule has 1 aliphatic heterocycles. The summed E-state index contributed by atoms with van der Waals surface area (Å²) in [4.78, 5) is 2.14. The molecule has 1 saturated heterocycles. The molecule has 1 aliphatic rings. The Kier molecular flexibility index (Phi) is 4.32. The molecule has 1 rings (SSSR count). The second-order valence-electron chi connectivity index (χ2n) is 4.29. The molecule has 84 valence electrons. The molecular weight excluding hydrogens is 181 g/mol. The van der Waals surface area contributed by atoms with E-state index in [-0.39, 0.29) is 5.54 Å². The van der Waals surface area contributed by atoms with Crippen molar-refractivity contribution >= 4 is 0 Å². The van der Waals surface area contributed by atoms with Crippen LogP contribution < -0.4 is 0 Å². The highest BCUT2D eigenvalue weighted by Crippen LogP contribution is 2.34. The number of halogens is 1. The standard InChI is InChI=1S/C11H22FNO/c1-4-6-11(9-14-5-2)7-10(12)8-13(11)3/h10H,4-9H2,1-3H3. The number of hydrogen-bond acceptors (Lipinski definition) is 2. The molecule has 14 heavy (non-hydrogen) atoms. The van der Waals surface area contributed by atoms with Crippen LogP contribution in [0.3, 0.4) is 0 Å². The number of alkyl halides is 1. The van der Waals surface area contributed by atoms with Gasteiger partial charge >= 0.3 is 0 Å². The van der Waals surface area contributed by atoms with Crippen molar-refractivity contribution in [2.45, 2.75) is 44.8 Å². The maximum atomic E-state index is 13.3. The van der Waals surface area contributed by atoms with E-state index in [0.717, 1.165) is 19.4 Å². The van der Waals surface area contributed by atoms with Gasteiger partial charge in [-0.25, -0.2) is 4.39 Å². The Morgan fingerprint density at radius 3 is 2.64 bits per heavy atom. The van der Waals surface area contributed by atoms with E-state index in [1.807, 2.05) is 14.0 Å². The predicted molar refractivity (Wildman–Crippen MR) is 56.3 cm³/mol. The molecule has 0 radical (unpaired) electrons. The third-order valence-electron chi connectivity index (χ3n) is 3.17. The van der Waals surface area contributed by atoms with Crippen molar-refractivity contribution in [3.05, 3.63) is 0 Å². The van der Waals surface area contributed by atoms with E-state index in [0.29, 0.717) is 19.6 Å². The zero-order valence-electron chi connectivity index (χ0n) is 9.55. The maximum absolute atomic E-state index is 13.3. The molecular formula is C11H22FNO. The lowest BCUT2D eigenvalue weighted by molar-refractivity contribution is 0.0250. The van der Waals surface area contributed by atoms with Crippen molar-refractivity contribution < 1.29 is 9.13 Å². The van der Waals surface area contributed by atoms with Gasteiger partial charge in [0.15, 0.2) is 0 Å². The normalized spacial score (nSPS) is 33.9. The first-order valence-corrected chi connectivity index (χ1v) is 5.57. The highest BCUT2D eigenvalue weighted by Gasteiger charge is 2.43. The van der Waals surface area contributed by atoms with E-state index >= 15 is 0 Å². The number of nitrogens with zero attached hydrogens (tertiary/aromatic N) is 1. The quantitative estimate of drug-likeness (QED) is 0.679. The molecule has 0 aromatic heterocycles. The Balaban J connectivity index is 2.60. The van der Waals surface area contributed by atoms with E-state index < -0.39 is 6.17 Å². The SMILES string of the molecule is CCCC1(COCC)CC(F)CN1C. The summed E-state index contributed by atoms with van der Waals surface area (Å²) < 4.78 is 18.8. The van der Waals surface area contributed by atoms with Crippen LogP contribution >= 0.6 is 0 Å². The zero-order chi connectivity index (χ0) is 10.6. The summed E-state index contributed by atoms with van der Waals surface area (Å²) in [7, 11) is 2.01. The highest BCUT2D eigenvalue weighted by atomic mass is 19.1. The lowest BCUT2D eigenvalue weighted by Crippen LogP contribution is -2.45. The van der Waals surface area contributed by atoms with Gasteiger partial charge in [0.2, 0.25) is 0 Å². The van der Waals surface area contributed by atoms with Gasteiger partial charge in [-0.1, -0.05) is 13.3 Å². The maximum Gasteiger partial charge on any atom is 0.115 e. The number of likely N-dealkylation sites (N-methyl/N-ethyl adjacent to an activating group) is 1. The summed E-state index contributed by atoms with van der Waals surface area (Å²) in [5.41, 5.74) is -0.0375. The Labute approximate surface area is 86.4 Å². The Morgan fingerprint density at radius 2 is 2.21 bits per heavy atom. The van der Waals surface area contributed by atoms with E-state index in [2.05, 4.69) is 11.8 Å². The summed E-state index contributed by atoms with van der Waals surface area (Å²) >= 11 is 0. The monoisotopic (exact) mass is 203 g/mol. The number of rotatable bonds is 5. The van der Waals surface area contributed by atoms with Gasteiger partial charge < -0.3 is 4.74 Å². The van der Waals surface area contributed by atoms with Crippen LogP contribution in [0.5, 0.6) is 0 Å². The van der Waals surface area contributed by atoms with Crippen molar-refractivity contribution in [1.29, 1.82) is 0 Å². The van der Waals surface area contributed by atoms with E-state index in [9.17, 15) is 4.39 Å². The summed E-state index contributed by atoms with van der Waals surface area (Å²) in [6, 6.07) is 0. The van der Waals surface area contributed by atoms with Gasteiger partial charge in [-0.05, 0) is 20.4 Å². The average Bonchev–Trinajstić information content (AvgIpc) is 2.40. The van der Waals surface area contributed by atoms with E-state index in [4.69, 9.17) is 4.74 Å². The van der Waals surface area contributed by atoms with Crippen molar-refractivity contribution in [3.63, 3.8) is 0 Å². The first kappa shape index (κ1) is 11.9. The van der Waals surface area contributed by atoms with Crippen LogP contribution in [-0.4, -0.2) is 43.4 Å². The van der Waals surface area contributed by atoms with Crippen molar-refractivity contribution in [3.8, 4) is 0 Å². The van der Waals surface area contributed by atoms with Crippen LogP contribution in [0.2, 0.25) is 0 Å². The van der Waals surface area contributed by atoms with Gasteiger partial charge in [-0.3, -0.25) is 4.90 Å². The summed E-state index contributed by atoms with van der Waals surface area (Å²) in [5.74, 6) is 0. The fraction of sp³-hybridized carbons (Fsp3) is 1.00. The lowest BCUT2D eigenvalue weighted by Gasteiger charge is -2.35. The minimum atomic E-state index is -0.674. The largest absolute Gasteiger partial charge is 0.380 e. The Hall–Kier alpha value is -0.150. The minimum absolute atomic E-state index is 0.0375. The molecule has 1 heterocycles. The Morgan fingerprint density at radius 1 is 1.50 bits per heavy atom. The van der Waals surface area contributed by atoms with Gasteiger partial charge in [0.05, 0.1) is 6.61 Å². The molecule has 1 fully saturated rings. The molecule has 2 atom stereocenters. The van der Waals surface area contributed by atoms with Crippen LogP contribution in [0.1, 0.15) is 33.1 Å². The molecule has 2 unspecified atom stereocenters. The first-order chi connectivity index (χ1) is 6.64. The minimum Gasteiger partial charge on any atom is -0.380 e. The molecule has 0 N–H and O–H groups in total. The summed E-state index contributed by atoms with van der Waals surface area (Å²) in [6.07, 6.45) is 2.08. The summed E-state index contributed by atoms with van der Waals surface area (Å²) in [5, 5.41) is 0. The van der Waals surface area contributed by atoms with Gasteiger partial charge in [-0.15, -0.1) is 0 Å².